The summed E-state index contributed by atoms with van der Waals surface area (Å²) in [5.74, 6) is 1.52. The maximum absolute atomic E-state index is 5.83. The molecule has 158 valence electrons. The maximum Gasteiger partial charge on any atom is 0.126 e. The lowest BCUT2D eigenvalue weighted by atomic mass is 9.73. The number of rotatable bonds is 1. The van der Waals surface area contributed by atoms with E-state index in [0.717, 1.165) is 16.6 Å². The zero-order valence-electron chi connectivity index (χ0n) is 17.8. The number of halogens is 1. The molecular weight excluding hydrogens is 496 g/mol. The minimum Gasteiger partial charge on any atom is -0.496 e. The topological polar surface area (TPSA) is 9.23 Å². The standard InChI is InChI=1S/C28H21BrOS2/c1-16-13-17-14-23(30-2)19-7-3-4-8-20(19)26(17)27(16)28(32-27)21-9-5-6-10-24(21)31-25-12-11-18(29)15-22(25)28/h3-12,14-16H,13H2,1-2H3. The van der Waals surface area contributed by atoms with Crippen LogP contribution in [0.4, 0.5) is 0 Å². The zero-order chi connectivity index (χ0) is 21.7. The summed E-state index contributed by atoms with van der Waals surface area (Å²) in [6, 6.07) is 27.0. The minimum absolute atomic E-state index is 0.0286. The molecule has 1 aliphatic carbocycles. The van der Waals surface area contributed by atoms with Crippen LogP contribution in [-0.4, -0.2) is 7.11 Å². The van der Waals surface area contributed by atoms with Gasteiger partial charge in [0.2, 0.25) is 0 Å². The van der Waals surface area contributed by atoms with Crippen molar-refractivity contribution in [2.75, 3.05) is 7.11 Å². The predicted octanol–water partition coefficient (Wildman–Crippen LogP) is 8.15. The SMILES string of the molecule is COc1cc2c(c3ccccc13)C1(SC13c1ccccc1Sc1ccc(Br)cc13)C(C)C2. The highest BCUT2D eigenvalue weighted by Crippen LogP contribution is 2.86. The molecule has 4 heteroatoms. The summed E-state index contributed by atoms with van der Waals surface area (Å²) in [5.41, 5.74) is 5.91. The number of thioether (sulfide) groups is 1. The zero-order valence-corrected chi connectivity index (χ0v) is 21.0. The summed E-state index contributed by atoms with van der Waals surface area (Å²) in [5, 5.41) is 2.57. The fourth-order valence-corrected chi connectivity index (χ4v) is 10.1. The molecule has 0 amide bonds. The van der Waals surface area contributed by atoms with Crippen LogP contribution in [-0.2, 0) is 15.9 Å². The van der Waals surface area contributed by atoms with E-state index in [1.165, 1.54) is 42.8 Å². The van der Waals surface area contributed by atoms with Crippen LogP contribution in [0, 0.1) is 5.92 Å². The molecule has 3 aliphatic rings. The largest absolute Gasteiger partial charge is 0.496 e. The summed E-state index contributed by atoms with van der Waals surface area (Å²) < 4.78 is 6.95. The number of fused-ring (bicyclic) bond motifs is 9. The molecule has 0 radical (unpaired) electrons. The van der Waals surface area contributed by atoms with E-state index in [-0.39, 0.29) is 9.49 Å². The van der Waals surface area contributed by atoms with Gasteiger partial charge in [0.1, 0.15) is 5.75 Å². The molecule has 4 aromatic carbocycles. The van der Waals surface area contributed by atoms with Crippen LogP contribution in [0.3, 0.4) is 0 Å². The molecule has 3 unspecified atom stereocenters. The van der Waals surface area contributed by atoms with Gasteiger partial charge in [-0.2, -0.15) is 0 Å². The van der Waals surface area contributed by atoms with Gasteiger partial charge in [-0.15, -0.1) is 11.8 Å². The van der Waals surface area contributed by atoms with Gasteiger partial charge in [0, 0.05) is 19.6 Å². The molecule has 2 spiro atoms. The molecular formula is C28H21BrOS2. The number of methoxy groups -OCH3 is 1. The van der Waals surface area contributed by atoms with Crippen molar-refractivity contribution in [3.05, 3.63) is 99.5 Å². The number of ether oxygens (including phenoxy) is 1. The van der Waals surface area contributed by atoms with Gasteiger partial charge in [-0.05, 0) is 70.3 Å². The molecule has 0 saturated carbocycles. The average Bonchev–Trinajstić information content (AvgIpc) is 3.41. The van der Waals surface area contributed by atoms with Crippen LogP contribution >= 0.6 is 39.5 Å². The first-order valence-electron chi connectivity index (χ1n) is 11.0. The lowest BCUT2D eigenvalue weighted by Crippen LogP contribution is -2.29. The Hall–Kier alpha value is -1.88. The summed E-state index contributed by atoms with van der Waals surface area (Å²) in [4.78, 5) is 2.78. The summed E-state index contributed by atoms with van der Waals surface area (Å²) in [6.07, 6.45) is 1.09. The Labute approximate surface area is 205 Å². The molecule has 0 aromatic heterocycles. The Bertz CT molecular complexity index is 1450. The molecule has 1 saturated heterocycles. The van der Waals surface area contributed by atoms with Crippen LogP contribution in [0.5, 0.6) is 5.75 Å². The summed E-state index contributed by atoms with van der Waals surface area (Å²) >= 11 is 7.86. The molecule has 7 rings (SSSR count). The van der Waals surface area contributed by atoms with Crippen molar-refractivity contribution >= 4 is 50.2 Å². The van der Waals surface area contributed by atoms with Crippen molar-refractivity contribution in [3.63, 3.8) is 0 Å². The second-order valence-electron chi connectivity index (χ2n) is 9.02. The lowest BCUT2D eigenvalue weighted by molar-refractivity contribution is 0.419. The maximum atomic E-state index is 5.83. The highest BCUT2D eigenvalue weighted by molar-refractivity contribution is 9.10. The predicted molar refractivity (Wildman–Crippen MR) is 138 cm³/mol. The van der Waals surface area contributed by atoms with Gasteiger partial charge in [0.25, 0.3) is 0 Å². The van der Waals surface area contributed by atoms with Gasteiger partial charge < -0.3 is 4.74 Å². The van der Waals surface area contributed by atoms with Crippen LogP contribution in [0.1, 0.15) is 29.2 Å². The third-order valence-corrected chi connectivity index (χ3v) is 11.2. The highest BCUT2D eigenvalue weighted by Gasteiger charge is 2.77. The molecule has 3 atom stereocenters. The second kappa shape index (κ2) is 6.59. The first-order valence-corrected chi connectivity index (χ1v) is 13.4. The van der Waals surface area contributed by atoms with E-state index >= 15 is 0 Å². The van der Waals surface area contributed by atoms with Gasteiger partial charge in [0.15, 0.2) is 0 Å². The Morgan fingerprint density at radius 3 is 2.50 bits per heavy atom. The van der Waals surface area contributed by atoms with E-state index in [9.17, 15) is 0 Å². The highest BCUT2D eigenvalue weighted by atomic mass is 79.9. The molecule has 2 aliphatic heterocycles. The lowest BCUT2D eigenvalue weighted by Gasteiger charge is -2.32. The minimum atomic E-state index is -0.0595. The number of benzene rings is 4. The fourth-order valence-electron chi connectivity index (χ4n) is 6.26. The van der Waals surface area contributed by atoms with Crippen molar-refractivity contribution in [2.24, 2.45) is 5.92 Å². The Morgan fingerprint density at radius 2 is 1.66 bits per heavy atom. The van der Waals surface area contributed by atoms with Crippen molar-refractivity contribution in [1.29, 1.82) is 0 Å². The van der Waals surface area contributed by atoms with E-state index in [2.05, 4.69) is 107 Å². The second-order valence-corrected chi connectivity index (χ2v) is 12.5. The third kappa shape index (κ3) is 2.24. The summed E-state index contributed by atoms with van der Waals surface area (Å²) in [6.45, 7) is 2.45. The number of hydrogen-bond donors (Lipinski definition) is 0. The van der Waals surface area contributed by atoms with Crippen LogP contribution in [0.15, 0.2) is 87.1 Å². The molecule has 2 heterocycles. The number of hydrogen-bond acceptors (Lipinski definition) is 3. The molecule has 0 N–H and O–H groups in total. The van der Waals surface area contributed by atoms with Gasteiger partial charge in [-0.3, -0.25) is 0 Å². The van der Waals surface area contributed by atoms with Crippen molar-refractivity contribution < 1.29 is 4.74 Å². The normalized spacial score (nSPS) is 26.8. The van der Waals surface area contributed by atoms with Crippen LogP contribution < -0.4 is 4.74 Å². The Kier molecular flexibility index (Phi) is 4.03. The van der Waals surface area contributed by atoms with Gasteiger partial charge in [0.05, 0.1) is 16.6 Å². The van der Waals surface area contributed by atoms with Crippen molar-refractivity contribution in [3.8, 4) is 5.75 Å². The monoisotopic (exact) mass is 516 g/mol. The van der Waals surface area contributed by atoms with Gasteiger partial charge >= 0.3 is 0 Å². The smallest absolute Gasteiger partial charge is 0.126 e. The Balaban J connectivity index is 1.59. The van der Waals surface area contributed by atoms with E-state index < -0.39 is 0 Å². The van der Waals surface area contributed by atoms with E-state index in [0.29, 0.717) is 5.92 Å². The third-order valence-electron chi connectivity index (χ3n) is 7.50. The summed E-state index contributed by atoms with van der Waals surface area (Å²) in [7, 11) is 1.79. The fraction of sp³-hybridized carbons (Fsp3) is 0.214. The molecule has 1 nitrogen and oxygen atoms in total. The van der Waals surface area contributed by atoms with E-state index in [1.54, 1.807) is 7.11 Å². The van der Waals surface area contributed by atoms with Gasteiger partial charge in [-0.1, -0.05) is 77.1 Å². The molecule has 32 heavy (non-hydrogen) atoms. The first-order chi connectivity index (χ1) is 15.6. The first kappa shape index (κ1) is 19.6. The van der Waals surface area contributed by atoms with E-state index in [4.69, 9.17) is 4.74 Å². The Morgan fingerprint density at radius 1 is 0.906 bits per heavy atom. The average molecular weight is 518 g/mol. The van der Waals surface area contributed by atoms with Crippen molar-refractivity contribution in [2.45, 2.75) is 32.6 Å². The molecule has 4 aromatic rings. The molecule has 0 bridgehead atoms. The van der Waals surface area contributed by atoms with Crippen LogP contribution in [0.2, 0.25) is 0 Å². The van der Waals surface area contributed by atoms with Gasteiger partial charge in [-0.25, -0.2) is 0 Å². The quantitative estimate of drug-likeness (QED) is 0.236. The van der Waals surface area contributed by atoms with Crippen LogP contribution in [0.25, 0.3) is 10.8 Å². The van der Waals surface area contributed by atoms with Crippen molar-refractivity contribution in [1.82, 2.24) is 0 Å². The molecule has 1 fully saturated rings. The van der Waals surface area contributed by atoms with E-state index in [1.807, 2.05) is 11.8 Å².